The Morgan fingerprint density at radius 3 is 2.88 bits per heavy atom. The predicted octanol–water partition coefficient (Wildman–Crippen LogP) is 0.714. The monoisotopic (exact) mass is 239 g/mol. The van der Waals surface area contributed by atoms with Gasteiger partial charge in [0.1, 0.15) is 0 Å². The molecule has 0 radical (unpaired) electrons. The maximum Gasteiger partial charge on any atom is 0.236 e. The first-order valence-corrected chi connectivity index (χ1v) is 6.98. The fourth-order valence-electron chi connectivity index (χ4n) is 2.62. The van der Waals surface area contributed by atoms with Crippen LogP contribution in [0.5, 0.6) is 0 Å². The summed E-state index contributed by atoms with van der Waals surface area (Å²) in [6.07, 6.45) is 5.72. The molecule has 1 heterocycles. The molecule has 4 heteroatoms. The third-order valence-electron chi connectivity index (χ3n) is 3.88. The Morgan fingerprint density at radius 2 is 2.24 bits per heavy atom. The normalized spacial score (nSPS) is 27.1. The van der Waals surface area contributed by atoms with Crippen molar-refractivity contribution < 1.29 is 4.79 Å². The summed E-state index contributed by atoms with van der Waals surface area (Å²) in [5, 5.41) is 3.00. The minimum absolute atomic E-state index is 0.0247. The van der Waals surface area contributed by atoms with Crippen molar-refractivity contribution in [3.05, 3.63) is 0 Å². The molecule has 2 atom stereocenters. The molecule has 1 unspecified atom stereocenters. The lowest BCUT2D eigenvalue weighted by Gasteiger charge is -2.16. The average Bonchev–Trinajstić information content (AvgIpc) is 3.06. The first-order valence-electron chi connectivity index (χ1n) is 6.98. The molecule has 3 N–H and O–H groups in total. The Hall–Kier alpha value is -0.610. The van der Waals surface area contributed by atoms with Gasteiger partial charge in [0.2, 0.25) is 5.91 Å². The second-order valence-electron chi connectivity index (χ2n) is 5.52. The number of amides is 1. The van der Waals surface area contributed by atoms with Gasteiger partial charge in [-0.2, -0.15) is 0 Å². The van der Waals surface area contributed by atoms with Crippen molar-refractivity contribution in [2.75, 3.05) is 19.6 Å². The van der Waals surface area contributed by atoms with E-state index in [-0.39, 0.29) is 11.9 Å². The molecule has 2 rings (SSSR count). The molecular weight excluding hydrogens is 214 g/mol. The van der Waals surface area contributed by atoms with Crippen molar-refractivity contribution in [3.63, 3.8) is 0 Å². The van der Waals surface area contributed by atoms with E-state index in [2.05, 4.69) is 17.1 Å². The molecule has 4 nitrogen and oxygen atoms in total. The van der Waals surface area contributed by atoms with Crippen molar-refractivity contribution in [1.29, 1.82) is 0 Å². The number of nitrogens with zero attached hydrogens (tertiary/aromatic N) is 1. The van der Waals surface area contributed by atoms with Crippen molar-refractivity contribution >= 4 is 5.91 Å². The number of carbonyl (C=O) groups is 1. The Morgan fingerprint density at radius 1 is 1.47 bits per heavy atom. The number of likely N-dealkylation sites (tertiary alicyclic amines) is 1. The largest absolute Gasteiger partial charge is 0.354 e. The lowest BCUT2D eigenvalue weighted by molar-refractivity contribution is -0.122. The van der Waals surface area contributed by atoms with Gasteiger partial charge in [-0.1, -0.05) is 13.3 Å². The zero-order chi connectivity index (χ0) is 12.3. The van der Waals surface area contributed by atoms with E-state index in [4.69, 9.17) is 5.73 Å². The van der Waals surface area contributed by atoms with Crippen LogP contribution in [-0.4, -0.2) is 42.5 Å². The van der Waals surface area contributed by atoms with E-state index in [9.17, 15) is 4.79 Å². The van der Waals surface area contributed by atoms with Crippen LogP contribution >= 0.6 is 0 Å². The van der Waals surface area contributed by atoms with Crippen molar-refractivity contribution in [2.45, 2.75) is 51.1 Å². The van der Waals surface area contributed by atoms with Crippen LogP contribution < -0.4 is 11.1 Å². The summed E-state index contributed by atoms with van der Waals surface area (Å²) in [6, 6.07) is 0.541. The van der Waals surface area contributed by atoms with Gasteiger partial charge in [-0.05, 0) is 38.1 Å². The van der Waals surface area contributed by atoms with Gasteiger partial charge in [0.05, 0.1) is 6.04 Å². The Balaban J connectivity index is 1.63. The molecule has 0 aromatic rings. The number of rotatable bonds is 6. The van der Waals surface area contributed by atoms with Crippen LogP contribution in [0.15, 0.2) is 0 Å². The van der Waals surface area contributed by atoms with E-state index in [1.54, 1.807) is 0 Å². The van der Waals surface area contributed by atoms with Gasteiger partial charge in [0.15, 0.2) is 0 Å². The topological polar surface area (TPSA) is 58.4 Å². The van der Waals surface area contributed by atoms with Gasteiger partial charge in [-0.15, -0.1) is 0 Å². The van der Waals surface area contributed by atoms with Gasteiger partial charge >= 0.3 is 0 Å². The highest BCUT2D eigenvalue weighted by molar-refractivity contribution is 5.81. The van der Waals surface area contributed by atoms with Crippen LogP contribution in [0.2, 0.25) is 0 Å². The van der Waals surface area contributed by atoms with Crippen LogP contribution in [0, 0.1) is 5.92 Å². The average molecular weight is 239 g/mol. The van der Waals surface area contributed by atoms with E-state index in [1.807, 2.05) is 0 Å². The Labute approximate surface area is 104 Å². The summed E-state index contributed by atoms with van der Waals surface area (Å²) in [5.41, 5.74) is 5.78. The minimum Gasteiger partial charge on any atom is -0.354 e. The molecular formula is C13H25N3O. The van der Waals surface area contributed by atoms with Crippen LogP contribution in [0.1, 0.15) is 39.0 Å². The molecule has 2 fully saturated rings. The second kappa shape index (κ2) is 5.83. The maximum absolute atomic E-state index is 11.7. The molecule has 1 amide bonds. The SMILES string of the molecule is CCC[C@H](N)C(=O)NCC1CCN(C2CC2)C1. The molecule has 0 bridgehead atoms. The fourth-order valence-corrected chi connectivity index (χ4v) is 2.62. The Kier molecular flexibility index (Phi) is 4.40. The summed E-state index contributed by atoms with van der Waals surface area (Å²) in [4.78, 5) is 14.2. The molecule has 1 saturated heterocycles. The number of hydrogen-bond acceptors (Lipinski definition) is 3. The van der Waals surface area contributed by atoms with Crippen LogP contribution in [-0.2, 0) is 4.79 Å². The second-order valence-corrected chi connectivity index (χ2v) is 5.52. The fraction of sp³-hybridized carbons (Fsp3) is 0.923. The molecule has 0 aromatic heterocycles. The predicted molar refractivity (Wildman–Crippen MR) is 68.6 cm³/mol. The molecule has 98 valence electrons. The van der Waals surface area contributed by atoms with Gasteiger partial charge in [-0.25, -0.2) is 0 Å². The van der Waals surface area contributed by atoms with Gasteiger partial charge in [-0.3, -0.25) is 4.79 Å². The first-order chi connectivity index (χ1) is 8.20. The summed E-state index contributed by atoms with van der Waals surface area (Å²) < 4.78 is 0. The Bertz CT molecular complexity index is 265. The van der Waals surface area contributed by atoms with Crippen molar-refractivity contribution in [2.24, 2.45) is 11.7 Å². The highest BCUT2D eigenvalue weighted by atomic mass is 16.2. The zero-order valence-electron chi connectivity index (χ0n) is 10.8. The summed E-state index contributed by atoms with van der Waals surface area (Å²) in [5.74, 6) is 0.657. The number of nitrogens with one attached hydrogen (secondary N) is 1. The van der Waals surface area contributed by atoms with Gasteiger partial charge < -0.3 is 16.0 Å². The standard InChI is InChI=1S/C13H25N3O/c1-2-3-12(14)13(17)15-8-10-6-7-16(9-10)11-4-5-11/h10-12H,2-9,14H2,1H3,(H,15,17)/t10?,12-/m0/s1. The number of nitrogens with two attached hydrogens (primary N) is 1. The molecule has 0 aromatic carbocycles. The smallest absolute Gasteiger partial charge is 0.236 e. The van der Waals surface area contributed by atoms with Crippen LogP contribution in [0.4, 0.5) is 0 Å². The molecule has 17 heavy (non-hydrogen) atoms. The van der Waals surface area contributed by atoms with Crippen molar-refractivity contribution in [1.82, 2.24) is 10.2 Å². The van der Waals surface area contributed by atoms with Crippen LogP contribution in [0.3, 0.4) is 0 Å². The quantitative estimate of drug-likeness (QED) is 0.718. The zero-order valence-corrected chi connectivity index (χ0v) is 10.8. The lowest BCUT2D eigenvalue weighted by atomic mass is 10.1. The molecule has 0 spiro atoms. The third-order valence-corrected chi connectivity index (χ3v) is 3.88. The van der Waals surface area contributed by atoms with E-state index in [0.717, 1.165) is 32.0 Å². The number of hydrogen-bond donors (Lipinski definition) is 2. The molecule has 1 aliphatic heterocycles. The lowest BCUT2D eigenvalue weighted by Crippen LogP contribution is -2.42. The summed E-state index contributed by atoms with van der Waals surface area (Å²) in [6.45, 7) is 5.23. The highest BCUT2D eigenvalue weighted by Gasteiger charge is 2.34. The molecule has 2 aliphatic rings. The third kappa shape index (κ3) is 3.68. The molecule has 1 saturated carbocycles. The van der Waals surface area contributed by atoms with Crippen LogP contribution in [0.25, 0.3) is 0 Å². The molecule has 1 aliphatic carbocycles. The number of carbonyl (C=O) groups excluding carboxylic acids is 1. The van der Waals surface area contributed by atoms with Crippen molar-refractivity contribution in [3.8, 4) is 0 Å². The maximum atomic E-state index is 11.7. The minimum atomic E-state index is -0.319. The van der Waals surface area contributed by atoms with Gasteiger partial charge in [0, 0.05) is 19.1 Å². The summed E-state index contributed by atoms with van der Waals surface area (Å²) in [7, 11) is 0. The first kappa shape index (κ1) is 12.8. The van der Waals surface area contributed by atoms with E-state index >= 15 is 0 Å². The summed E-state index contributed by atoms with van der Waals surface area (Å²) >= 11 is 0. The van der Waals surface area contributed by atoms with E-state index in [0.29, 0.717) is 5.92 Å². The van der Waals surface area contributed by atoms with Gasteiger partial charge in [0.25, 0.3) is 0 Å². The van der Waals surface area contributed by atoms with E-state index < -0.39 is 0 Å². The van der Waals surface area contributed by atoms with E-state index in [1.165, 1.54) is 25.8 Å². The highest BCUT2D eigenvalue weighted by Crippen LogP contribution is 2.31.